The first-order chi connectivity index (χ1) is 12.0. The van der Waals surface area contributed by atoms with Gasteiger partial charge in [-0.05, 0) is 44.4 Å². The van der Waals surface area contributed by atoms with E-state index in [1.54, 1.807) is 18.2 Å². The molecule has 1 aromatic carbocycles. The molecule has 0 saturated carbocycles. The van der Waals surface area contributed by atoms with Gasteiger partial charge in [0.15, 0.2) is 0 Å². The second-order valence-corrected chi connectivity index (χ2v) is 6.78. The average Bonchev–Trinajstić information content (AvgIpc) is 2.57. The highest BCUT2D eigenvalue weighted by Gasteiger charge is 2.31. The molecule has 2 aromatic rings. The van der Waals surface area contributed by atoms with Crippen LogP contribution in [0.5, 0.6) is 0 Å². The number of rotatable bonds is 4. The van der Waals surface area contributed by atoms with Crippen molar-refractivity contribution in [3.8, 4) is 0 Å². The monoisotopic (exact) mass is 381 g/mol. The summed E-state index contributed by atoms with van der Waals surface area (Å²) in [5, 5.41) is 15.5. The van der Waals surface area contributed by atoms with Crippen LogP contribution in [-0.4, -0.2) is 27.5 Å². The van der Waals surface area contributed by atoms with Crippen molar-refractivity contribution in [3.05, 3.63) is 44.7 Å². The minimum atomic E-state index is -0.456. The largest absolute Gasteiger partial charge is 0.353 e. The summed E-state index contributed by atoms with van der Waals surface area (Å²) in [4.78, 5) is 21.5. The van der Waals surface area contributed by atoms with E-state index in [4.69, 9.17) is 23.2 Å². The first kappa shape index (κ1) is 17.7. The minimum Gasteiger partial charge on any atom is -0.348 e. The topological polar surface area (TPSA) is 84.2 Å². The number of anilines is 3. The van der Waals surface area contributed by atoms with Crippen LogP contribution in [-0.2, 0) is 0 Å². The third-order valence-electron chi connectivity index (χ3n) is 4.24. The van der Waals surface area contributed by atoms with Crippen molar-refractivity contribution in [2.24, 2.45) is 0 Å². The normalized spacial score (nSPS) is 17.4. The van der Waals surface area contributed by atoms with Crippen LogP contribution >= 0.6 is 23.2 Å². The Balaban J connectivity index is 2.02. The fourth-order valence-corrected chi connectivity index (χ4v) is 3.43. The zero-order valence-corrected chi connectivity index (χ0v) is 15.1. The van der Waals surface area contributed by atoms with Crippen molar-refractivity contribution >= 4 is 46.2 Å². The SMILES string of the molecule is CC1CCCCN1c1ncnc(Nc2ccc(Cl)cc2Cl)c1[N+](=O)[O-]. The average molecular weight is 382 g/mol. The summed E-state index contributed by atoms with van der Waals surface area (Å²) in [5.74, 6) is 0.441. The molecule has 1 saturated heterocycles. The third-order valence-corrected chi connectivity index (χ3v) is 4.79. The fourth-order valence-electron chi connectivity index (χ4n) is 2.97. The molecule has 1 aliphatic heterocycles. The molecule has 9 heteroatoms. The summed E-state index contributed by atoms with van der Waals surface area (Å²) in [6.45, 7) is 2.79. The molecule has 7 nitrogen and oxygen atoms in total. The van der Waals surface area contributed by atoms with Crippen LogP contribution in [0.2, 0.25) is 10.0 Å². The fraction of sp³-hybridized carbons (Fsp3) is 0.375. The number of halogens is 2. The summed E-state index contributed by atoms with van der Waals surface area (Å²) in [7, 11) is 0. The molecule has 132 valence electrons. The lowest BCUT2D eigenvalue weighted by Crippen LogP contribution is -2.38. The van der Waals surface area contributed by atoms with Crippen molar-refractivity contribution in [2.75, 3.05) is 16.8 Å². The second kappa shape index (κ2) is 7.41. The molecule has 25 heavy (non-hydrogen) atoms. The maximum atomic E-state index is 11.7. The molecule has 3 rings (SSSR count). The maximum absolute atomic E-state index is 11.7. The Kier molecular flexibility index (Phi) is 5.24. The lowest BCUT2D eigenvalue weighted by Gasteiger charge is -2.33. The van der Waals surface area contributed by atoms with E-state index in [0.29, 0.717) is 21.6 Å². The standard InChI is InChI=1S/C16H17Cl2N5O2/c1-10-4-2-3-7-22(10)16-14(23(24)25)15(19-9-20-16)21-13-6-5-11(17)8-12(13)18/h5-6,8-10H,2-4,7H2,1H3,(H,19,20,21). The van der Waals surface area contributed by atoms with Crippen molar-refractivity contribution in [2.45, 2.75) is 32.2 Å². The van der Waals surface area contributed by atoms with Gasteiger partial charge >= 0.3 is 5.69 Å². The van der Waals surface area contributed by atoms with Crippen LogP contribution in [0.3, 0.4) is 0 Å². The van der Waals surface area contributed by atoms with Gasteiger partial charge in [0.25, 0.3) is 0 Å². The molecule has 0 bridgehead atoms. The number of aromatic nitrogens is 2. The van der Waals surface area contributed by atoms with Gasteiger partial charge in [-0.2, -0.15) is 0 Å². The van der Waals surface area contributed by atoms with Gasteiger partial charge in [-0.3, -0.25) is 10.1 Å². The lowest BCUT2D eigenvalue weighted by molar-refractivity contribution is -0.383. The van der Waals surface area contributed by atoms with Crippen molar-refractivity contribution in [1.82, 2.24) is 9.97 Å². The summed E-state index contributed by atoms with van der Waals surface area (Å²) < 4.78 is 0. The van der Waals surface area contributed by atoms with E-state index in [0.717, 1.165) is 25.8 Å². The molecule has 1 atom stereocenters. The highest BCUT2D eigenvalue weighted by molar-refractivity contribution is 6.36. The Bertz CT molecular complexity index is 802. The molecule has 0 radical (unpaired) electrons. The van der Waals surface area contributed by atoms with E-state index in [9.17, 15) is 10.1 Å². The lowest BCUT2D eigenvalue weighted by atomic mass is 10.0. The molecule has 1 fully saturated rings. The van der Waals surface area contributed by atoms with Gasteiger partial charge in [-0.25, -0.2) is 9.97 Å². The Hall–Kier alpha value is -2.12. The molecule has 0 amide bonds. The zero-order chi connectivity index (χ0) is 18.0. The Labute approximate surface area is 155 Å². The number of nitro groups is 1. The van der Waals surface area contributed by atoms with E-state index >= 15 is 0 Å². The minimum absolute atomic E-state index is 0.108. The number of benzene rings is 1. The van der Waals surface area contributed by atoms with Gasteiger partial charge in [0.1, 0.15) is 6.33 Å². The quantitative estimate of drug-likeness (QED) is 0.603. The van der Waals surface area contributed by atoms with Crippen LogP contribution in [0.15, 0.2) is 24.5 Å². The predicted octanol–water partition coefficient (Wildman–Crippen LogP) is 4.81. The second-order valence-electron chi connectivity index (χ2n) is 5.94. The molecular formula is C16H17Cl2N5O2. The summed E-state index contributed by atoms with van der Waals surface area (Å²) >= 11 is 12.0. The molecule has 0 spiro atoms. The molecule has 2 heterocycles. The molecular weight excluding hydrogens is 365 g/mol. The van der Waals surface area contributed by atoms with Crippen molar-refractivity contribution in [1.29, 1.82) is 0 Å². The van der Waals surface area contributed by atoms with E-state index in [1.165, 1.54) is 6.33 Å². The van der Waals surface area contributed by atoms with E-state index in [2.05, 4.69) is 15.3 Å². The first-order valence-electron chi connectivity index (χ1n) is 7.95. The zero-order valence-electron chi connectivity index (χ0n) is 13.6. The smallest absolute Gasteiger partial charge is 0.348 e. The van der Waals surface area contributed by atoms with Gasteiger partial charge in [-0.1, -0.05) is 23.2 Å². The number of hydrogen-bond acceptors (Lipinski definition) is 6. The highest BCUT2D eigenvalue weighted by Crippen LogP contribution is 2.37. The summed E-state index contributed by atoms with van der Waals surface area (Å²) in [5.41, 5.74) is 0.341. The summed E-state index contributed by atoms with van der Waals surface area (Å²) in [6.07, 6.45) is 4.40. The van der Waals surface area contributed by atoms with Crippen LogP contribution in [0.25, 0.3) is 0 Å². The molecule has 1 aliphatic rings. The highest BCUT2D eigenvalue weighted by atomic mass is 35.5. The van der Waals surface area contributed by atoms with Gasteiger partial charge in [0.05, 0.1) is 15.6 Å². The Morgan fingerprint density at radius 2 is 2.12 bits per heavy atom. The van der Waals surface area contributed by atoms with Gasteiger partial charge in [0.2, 0.25) is 11.6 Å². The van der Waals surface area contributed by atoms with Crippen molar-refractivity contribution < 1.29 is 4.92 Å². The third kappa shape index (κ3) is 3.77. The number of nitrogens with zero attached hydrogens (tertiary/aromatic N) is 4. The molecule has 0 aliphatic carbocycles. The molecule has 1 N–H and O–H groups in total. The number of piperidine rings is 1. The number of hydrogen-bond donors (Lipinski definition) is 1. The number of nitrogens with one attached hydrogen (secondary N) is 1. The van der Waals surface area contributed by atoms with E-state index < -0.39 is 4.92 Å². The Morgan fingerprint density at radius 1 is 1.32 bits per heavy atom. The van der Waals surface area contributed by atoms with Gasteiger partial charge in [-0.15, -0.1) is 0 Å². The van der Waals surface area contributed by atoms with Crippen LogP contribution < -0.4 is 10.2 Å². The van der Waals surface area contributed by atoms with Crippen molar-refractivity contribution in [3.63, 3.8) is 0 Å². The first-order valence-corrected chi connectivity index (χ1v) is 8.71. The molecule has 1 unspecified atom stereocenters. The van der Waals surface area contributed by atoms with Gasteiger partial charge in [0, 0.05) is 17.6 Å². The van der Waals surface area contributed by atoms with E-state index in [-0.39, 0.29) is 17.5 Å². The molecule has 1 aromatic heterocycles. The predicted molar refractivity (Wildman–Crippen MR) is 99.1 cm³/mol. The summed E-state index contributed by atoms with van der Waals surface area (Å²) in [6, 6.07) is 5.05. The maximum Gasteiger partial charge on any atom is 0.353 e. The Morgan fingerprint density at radius 3 is 2.80 bits per heavy atom. The van der Waals surface area contributed by atoms with Gasteiger partial charge < -0.3 is 10.2 Å². The van der Waals surface area contributed by atoms with Crippen LogP contribution in [0.1, 0.15) is 26.2 Å². The van der Waals surface area contributed by atoms with Crippen LogP contribution in [0, 0.1) is 10.1 Å². The van der Waals surface area contributed by atoms with Crippen LogP contribution in [0.4, 0.5) is 23.0 Å². The van der Waals surface area contributed by atoms with E-state index in [1.807, 2.05) is 11.8 Å².